The van der Waals surface area contributed by atoms with Crippen molar-refractivity contribution in [3.05, 3.63) is 0 Å². The van der Waals surface area contributed by atoms with Gasteiger partial charge in [-0.3, -0.25) is 9.59 Å². The molecule has 5 heteroatoms. The molecule has 0 aromatic heterocycles. The molecule has 100 valence electrons. The van der Waals surface area contributed by atoms with E-state index in [1.165, 1.54) is 0 Å². The summed E-state index contributed by atoms with van der Waals surface area (Å²) in [6.07, 6.45) is 2.52. The van der Waals surface area contributed by atoms with Crippen LogP contribution in [0.1, 0.15) is 52.9 Å². The number of rotatable bonds is 8. The van der Waals surface area contributed by atoms with Crippen molar-refractivity contribution in [1.29, 1.82) is 0 Å². The number of amides is 1. The fraction of sp³-hybridized carbons (Fsp3) is 0.833. The monoisotopic (exact) mass is 244 g/mol. The number of carboxylic acids is 1. The zero-order valence-electron chi connectivity index (χ0n) is 11.0. The Morgan fingerprint density at radius 2 is 1.82 bits per heavy atom. The fourth-order valence-corrected chi connectivity index (χ4v) is 1.68. The first-order chi connectivity index (χ1) is 7.89. The molecule has 0 saturated carbocycles. The molecule has 0 fully saturated rings. The van der Waals surface area contributed by atoms with Gasteiger partial charge in [0, 0.05) is 6.04 Å². The molecule has 1 amide bonds. The number of nitrogens with one attached hydrogen (secondary N) is 1. The van der Waals surface area contributed by atoms with Crippen LogP contribution in [0.4, 0.5) is 0 Å². The molecule has 0 rings (SSSR count). The third kappa shape index (κ3) is 5.17. The van der Waals surface area contributed by atoms with E-state index < -0.39 is 11.5 Å². The average molecular weight is 244 g/mol. The smallest absolute Gasteiger partial charge is 0.305 e. The van der Waals surface area contributed by atoms with E-state index in [1.807, 2.05) is 20.8 Å². The van der Waals surface area contributed by atoms with Crippen molar-refractivity contribution in [3.8, 4) is 0 Å². The van der Waals surface area contributed by atoms with Gasteiger partial charge in [0.05, 0.1) is 12.0 Å². The minimum atomic E-state index is -0.903. The first kappa shape index (κ1) is 15.9. The van der Waals surface area contributed by atoms with E-state index in [0.717, 1.165) is 6.42 Å². The summed E-state index contributed by atoms with van der Waals surface area (Å²) in [6.45, 7) is 5.67. The average Bonchev–Trinajstić information content (AvgIpc) is 2.27. The van der Waals surface area contributed by atoms with Crippen molar-refractivity contribution in [3.63, 3.8) is 0 Å². The molecule has 0 radical (unpaired) electrons. The highest BCUT2D eigenvalue weighted by molar-refractivity contribution is 5.86. The molecule has 0 heterocycles. The largest absolute Gasteiger partial charge is 0.481 e. The van der Waals surface area contributed by atoms with E-state index in [9.17, 15) is 9.59 Å². The summed E-state index contributed by atoms with van der Waals surface area (Å²) in [5.41, 5.74) is 5.07. The first-order valence-corrected chi connectivity index (χ1v) is 6.21. The van der Waals surface area contributed by atoms with Gasteiger partial charge in [0.15, 0.2) is 0 Å². The maximum Gasteiger partial charge on any atom is 0.305 e. The summed E-state index contributed by atoms with van der Waals surface area (Å²) in [4.78, 5) is 22.6. The minimum absolute atomic E-state index is 0.0525. The summed E-state index contributed by atoms with van der Waals surface area (Å²) in [6, 6.07) is -0.328. The second-order valence-corrected chi connectivity index (χ2v) is 4.42. The second kappa shape index (κ2) is 7.27. The van der Waals surface area contributed by atoms with Crippen LogP contribution in [0.25, 0.3) is 0 Å². The summed E-state index contributed by atoms with van der Waals surface area (Å²) in [5, 5.41) is 11.5. The van der Waals surface area contributed by atoms with Crippen molar-refractivity contribution in [2.75, 3.05) is 0 Å². The zero-order valence-corrected chi connectivity index (χ0v) is 11.0. The van der Waals surface area contributed by atoms with Gasteiger partial charge in [0.25, 0.3) is 0 Å². The van der Waals surface area contributed by atoms with E-state index in [0.29, 0.717) is 19.3 Å². The van der Waals surface area contributed by atoms with Crippen LogP contribution in [0.5, 0.6) is 0 Å². The Bertz CT molecular complexity index is 262. The van der Waals surface area contributed by atoms with Crippen molar-refractivity contribution in [1.82, 2.24) is 5.32 Å². The van der Waals surface area contributed by atoms with Crippen molar-refractivity contribution in [2.45, 2.75) is 64.5 Å². The third-order valence-corrected chi connectivity index (χ3v) is 3.11. The Morgan fingerprint density at radius 1 is 1.29 bits per heavy atom. The van der Waals surface area contributed by atoms with Crippen molar-refractivity contribution >= 4 is 11.9 Å². The molecular formula is C12H24N2O3. The Balaban J connectivity index is 4.53. The number of carboxylic acid groups (broad SMARTS) is 1. The van der Waals surface area contributed by atoms with E-state index >= 15 is 0 Å². The molecule has 0 aliphatic carbocycles. The lowest BCUT2D eigenvalue weighted by Crippen LogP contribution is -2.55. The quantitative estimate of drug-likeness (QED) is 0.599. The predicted octanol–water partition coefficient (Wildman–Crippen LogP) is 1.26. The van der Waals surface area contributed by atoms with Crippen LogP contribution in [-0.4, -0.2) is 28.6 Å². The van der Waals surface area contributed by atoms with Gasteiger partial charge in [0.2, 0.25) is 5.91 Å². The van der Waals surface area contributed by atoms with Gasteiger partial charge < -0.3 is 16.2 Å². The van der Waals surface area contributed by atoms with E-state index in [2.05, 4.69) is 5.32 Å². The van der Waals surface area contributed by atoms with Gasteiger partial charge >= 0.3 is 5.97 Å². The Kier molecular flexibility index (Phi) is 6.80. The molecule has 0 aromatic rings. The molecule has 0 aliphatic rings. The molecule has 4 N–H and O–H groups in total. The van der Waals surface area contributed by atoms with E-state index in [1.54, 1.807) is 0 Å². The van der Waals surface area contributed by atoms with Crippen LogP contribution < -0.4 is 11.1 Å². The van der Waals surface area contributed by atoms with Gasteiger partial charge in [-0.25, -0.2) is 0 Å². The summed E-state index contributed by atoms with van der Waals surface area (Å²) >= 11 is 0. The molecule has 0 spiro atoms. The molecule has 17 heavy (non-hydrogen) atoms. The molecule has 1 unspecified atom stereocenters. The lowest BCUT2D eigenvalue weighted by atomic mass is 9.92. The standard InChI is InChI=1S/C12H24N2O3/c1-4-7-9(8-10(15)16)14-11(17)12(13,5-2)6-3/h9H,4-8,13H2,1-3H3,(H,14,17)(H,15,16). The highest BCUT2D eigenvalue weighted by Gasteiger charge is 2.31. The van der Waals surface area contributed by atoms with Crippen LogP contribution in [0.2, 0.25) is 0 Å². The zero-order chi connectivity index (χ0) is 13.5. The fourth-order valence-electron chi connectivity index (χ4n) is 1.68. The van der Waals surface area contributed by atoms with Gasteiger partial charge in [-0.15, -0.1) is 0 Å². The van der Waals surface area contributed by atoms with E-state index in [4.69, 9.17) is 10.8 Å². The normalized spacial score (nSPS) is 13.2. The van der Waals surface area contributed by atoms with Crippen LogP contribution in [-0.2, 0) is 9.59 Å². The molecule has 5 nitrogen and oxygen atoms in total. The minimum Gasteiger partial charge on any atom is -0.481 e. The predicted molar refractivity (Wildman–Crippen MR) is 66.6 cm³/mol. The first-order valence-electron chi connectivity index (χ1n) is 6.21. The molecule has 0 saturated heterocycles. The SMILES string of the molecule is CCCC(CC(=O)O)NC(=O)C(N)(CC)CC. The van der Waals surface area contributed by atoms with Crippen LogP contribution >= 0.6 is 0 Å². The summed E-state index contributed by atoms with van der Waals surface area (Å²) in [5.74, 6) is -1.15. The van der Waals surface area contributed by atoms with Gasteiger partial charge in [0.1, 0.15) is 0 Å². The van der Waals surface area contributed by atoms with Crippen LogP contribution in [0, 0.1) is 0 Å². The number of hydrogen-bond donors (Lipinski definition) is 3. The van der Waals surface area contributed by atoms with Gasteiger partial charge in [-0.05, 0) is 19.3 Å². The lowest BCUT2D eigenvalue weighted by Gasteiger charge is -2.28. The summed E-state index contributed by atoms with van der Waals surface area (Å²) in [7, 11) is 0. The lowest BCUT2D eigenvalue weighted by molar-refractivity contribution is -0.138. The van der Waals surface area contributed by atoms with Crippen molar-refractivity contribution < 1.29 is 14.7 Å². The molecule has 0 aromatic carbocycles. The number of nitrogens with two attached hydrogens (primary N) is 1. The summed E-state index contributed by atoms with van der Waals surface area (Å²) < 4.78 is 0. The number of hydrogen-bond acceptors (Lipinski definition) is 3. The topological polar surface area (TPSA) is 92.4 Å². The Morgan fingerprint density at radius 3 is 2.18 bits per heavy atom. The van der Waals surface area contributed by atoms with Crippen molar-refractivity contribution in [2.24, 2.45) is 5.73 Å². The maximum atomic E-state index is 12.0. The molecule has 0 aliphatic heterocycles. The third-order valence-electron chi connectivity index (χ3n) is 3.11. The second-order valence-electron chi connectivity index (χ2n) is 4.42. The number of carbonyl (C=O) groups is 2. The Labute approximate surface area is 103 Å². The molecule has 0 bridgehead atoms. The molecule has 1 atom stereocenters. The highest BCUT2D eigenvalue weighted by Crippen LogP contribution is 2.13. The highest BCUT2D eigenvalue weighted by atomic mass is 16.4. The van der Waals surface area contributed by atoms with Crippen LogP contribution in [0.3, 0.4) is 0 Å². The van der Waals surface area contributed by atoms with Gasteiger partial charge in [-0.2, -0.15) is 0 Å². The number of aliphatic carboxylic acids is 1. The molecular weight excluding hydrogens is 220 g/mol. The Hall–Kier alpha value is -1.10. The maximum absolute atomic E-state index is 12.0. The van der Waals surface area contributed by atoms with Gasteiger partial charge in [-0.1, -0.05) is 27.2 Å². The van der Waals surface area contributed by atoms with Crippen LogP contribution in [0.15, 0.2) is 0 Å². The number of carbonyl (C=O) groups excluding carboxylic acids is 1. The van der Waals surface area contributed by atoms with E-state index in [-0.39, 0.29) is 18.4 Å².